The van der Waals surface area contributed by atoms with Gasteiger partial charge in [-0.15, -0.1) is 0 Å². The van der Waals surface area contributed by atoms with Crippen molar-refractivity contribution in [3.8, 4) is 0 Å². The van der Waals surface area contributed by atoms with Gasteiger partial charge < -0.3 is 29.9 Å². The predicted molar refractivity (Wildman–Crippen MR) is 76.9 cm³/mol. The molecular weight excluding hydrogens is 264 g/mol. The van der Waals surface area contributed by atoms with Crippen LogP contribution in [0.2, 0.25) is 0 Å². The van der Waals surface area contributed by atoms with Gasteiger partial charge in [-0.1, -0.05) is 0 Å². The van der Waals surface area contributed by atoms with Crippen molar-refractivity contribution in [1.82, 2.24) is 0 Å². The Bertz CT molecular complexity index is 265. The summed E-state index contributed by atoms with van der Waals surface area (Å²) in [4.78, 5) is 20.2. The van der Waals surface area contributed by atoms with E-state index in [1.807, 2.05) is 42.3 Å². The van der Waals surface area contributed by atoms with Gasteiger partial charge in [0.05, 0.1) is 42.3 Å². The first-order valence-electron chi connectivity index (χ1n) is 6.29. The predicted octanol–water partition coefficient (Wildman–Crippen LogP) is -0.424. The number of amides is 2. The monoisotopic (exact) mass is 294 g/mol. The largest absolute Gasteiger partial charge is 0.444 e. The second kappa shape index (κ2) is 9.38. The zero-order valence-corrected chi connectivity index (χ0v) is 13.5. The first-order chi connectivity index (χ1) is 8.83. The molecule has 0 aromatic rings. The van der Waals surface area contributed by atoms with Crippen molar-refractivity contribution in [1.29, 1.82) is 0 Å². The summed E-state index contributed by atoms with van der Waals surface area (Å²) in [7, 11) is 12.1. The van der Waals surface area contributed by atoms with Crippen LogP contribution in [-0.4, -0.2) is 89.7 Å². The lowest BCUT2D eigenvalue weighted by Gasteiger charge is -2.22. The number of nitrogens with zero attached hydrogens (tertiary/aromatic N) is 2. The lowest BCUT2D eigenvalue weighted by molar-refractivity contribution is -0.870. The molecule has 8 heteroatoms. The molecule has 4 N–H and O–H groups in total. The maximum Gasteiger partial charge on any atom is 0.404 e. The third kappa shape index (κ3) is 25.3. The highest BCUT2D eigenvalue weighted by Crippen LogP contribution is 1.89. The molecule has 20 heavy (non-hydrogen) atoms. The van der Waals surface area contributed by atoms with Crippen molar-refractivity contribution in [3.05, 3.63) is 0 Å². The topological polar surface area (TPSA) is 105 Å². The van der Waals surface area contributed by atoms with Crippen LogP contribution in [0.1, 0.15) is 0 Å². The van der Waals surface area contributed by atoms with E-state index in [0.717, 1.165) is 22.1 Å². The van der Waals surface area contributed by atoms with E-state index in [4.69, 9.17) is 11.5 Å². The lowest BCUT2D eigenvalue weighted by Crippen LogP contribution is -2.38. The van der Waals surface area contributed by atoms with Crippen LogP contribution in [0.3, 0.4) is 0 Å². The van der Waals surface area contributed by atoms with E-state index in [1.54, 1.807) is 0 Å². The van der Waals surface area contributed by atoms with Crippen molar-refractivity contribution < 1.29 is 28.0 Å². The summed E-state index contributed by atoms with van der Waals surface area (Å²) in [5, 5.41) is 0. The molecule has 0 spiro atoms. The molecule has 0 aliphatic heterocycles. The number of hydrogen-bond donors (Lipinski definition) is 2. The molecule has 120 valence electrons. The van der Waals surface area contributed by atoms with Gasteiger partial charge in [0.15, 0.2) is 0 Å². The summed E-state index contributed by atoms with van der Waals surface area (Å²) in [5.74, 6) is 0. The van der Waals surface area contributed by atoms with E-state index < -0.39 is 12.2 Å². The van der Waals surface area contributed by atoms with Crippen LogP contribution in [0.4, 0.5) is 9.59 Å². The van der Waals surface area contributed by atoms with Crippen molar-refractivity contribution in [2.75, 3.05) is 68.6 Å². The van der Waals surface area contributed by atoms with Crippen molar-refractivity contribution >= 4 is 12.2 Å². The van der Waals surface area contributed by atoms with Crippen molar-refractivity contribution in [2.45, 2.75) is 0 Å². The maximum atomic E-state index is 10.1. The molecule has 0 aromatic heterocycles. The minimum absolute atomic E-state index is 0.388. The minimum Gasteiger partial charge on any atom is -0.444 e. The Morgan fingerprint density at radius 2 is 1.00 bits per heavy atom. The number of primary amides is 2. The highest BCUT2D eigenvalue weighted by molar-refractivity contribution is 5.64. The van der Waals surface area contributed by atoms with Gasteiger partial charge in [-0.3, -0.25) is 0 Å². The SMILES string of the molecule is C[N+](C)(C)CCOC(N)=O.C[N+](C)(C)CCOC(N)=O. The third-order valence-corrected chi connectivity index (χ3v) is 2.01. The normalized spacial score (nSPS) is 11.1. The van der Waals surface area contributed by atoms with Crippen LogP contribution in [0.15, 0.2) is 0 Å². The summed E-state index contributed by atoms with van der Waals surface area (Å²) >= 11 is 0. The van der Waals surface area contributed by atoms with E-state index in [-0.39, 0.29) is 0 Å². The maximum absolute atomic E-state index is 10.1. The Balaban J connectivity index is 0. The summed E-state index contributed by atoms with van der Waals surface area (Å²) in [6.45, 7) is 2.34. The molecule has 0 radical (unpaired) electrons. The van der Waals surface area contributed by atoms with Crippen LogP contribution in [0.25, 0.3) is 0 Å². The van der Waals surface area contributed by atoms with E-state index in [1.165, 1.54) is 0 Å². The molecule has 8 nitrogen and oxygen atoms in total. The van der Waals surface area contributed by atoms with Crippen LogP contribution in [0.5, 0.6) is 0 Å². The molecule has 0 heterocycles. The number of carbonyl (C=O) groups is 2. The minimum atomic E-state index is -0.701. The summed E-state index contributed by atoms with van der Waals surface area (Å²) in [6, 6.07) is 0. The molecule has 0 atom stereocenters. The van der Waals surface area contributed by atoms with Gasteiger partial charge in [0.1, 0.15) is 26.3 Å². The Morgan fingerprint density at radius 3 is 1.15 bits per heavy atom. The Kier molecular flexibility index (Phi) is 9.74. The molecule has 0 bridgehead atoms. The fraction of sp³-hybridized carbons (Fsp3) is 0.833. The summed E-state index contributed by atoms with van der Waals surface area (Å²) in [5.41, 5.74) is 9.51. The first-order valence-corrected chi connectivity index (χ1v) is 6.29. The van der Waals surface area contributed by atoms with Crippen LogP contribution in [0, 0.1) is 0 Å². The second-order valence-electron chi connectivity index (χ2n) is 6.36. The smallest absolute Gasteiger partial charge is 0.404 e. The molecule has 0 fully saturated rings. The molecular formula is C12H30N4O4+2. The van der Waals surface area contributed by atoms with Gasteiger partial charge >= 0.3 is 12.2 Å². The van der Waals surface area contributed by atoms with Gasteiger partial charge in [-0.25, -0.2) is 9.59 Å². The Hall–Kier alpha value is -1.54. The van der Waals surface area contributed by atoms with Gasteiger partial charge in [0.25, 0.3) is 0 Å². The Labute approximate surface area is 121 Å². The molecule has 2 amide bonds. The number of hydrogen-bond acceptors (Lipinski definition) is 4. The highest BCUT2D eigenvalue weighted by atomic mass is 16.5. The van der Waals surface area contributed by atoms with Gasteiger partial charge in [-0.2, -0.15) is 0 Å². The van der Waals surface area contributed by atoms with E-state index in [0.29, 0.717) is 13.2 Å². The molecule has 0 rings (SSSR count). The lowest BCUT2D eigenvalue weighted by atomic mass is 10.5. The molecule has 0 aliphatic rings. The number of rotatable bonds is 6. The quantitative estimate of drug-likeness (QED) is 0.649. The van der Waals surface area contributed by atoms with Crippen molar-refractivity contribution in [3.63, 3.8) is 0 Å². The standard InChI is InChI=1S/2C6H14N2O2/c2*1-8(2,3)4-5-10-6(7)9/h2*4-5H2,1-3H3,(H-,7,9)/p+2. The number of carbonyl (C=O) groups excluding carboxylic acids is 2. The van der Waals surface area contributed by atoms with E-state index in [9.17, 15) is 9.59 Å². The molecule has 0 saturated carbocycles. The van der Waals surface area contributed by atoms with Gasteiger partial charge in [0, 0.05) is 0 Å². The first kappa shape index (κ1) is 20.8. The fourth-order valence-electron chi connectivity index (χ4n) is 0.840. The van der Waals surface area contributed by atoms with E-state index >= 15 is 0 Å². The van der Waals surface area contributed by atoms with Crippen LogP contribution >= 0.6 is 0 Å². The zero-order valence-electron chi connectivity index (χ0n) is 13.5. The molecule has 0 saturated heterocycles. The Morgan fingerprint density at radius 1 is 0.750 bits per heavy atom. The number of quaternary nitrogens is 2. The molecule has 0 aromatic carbocycles. The second-order valence-corrected chi connectivity index (χ2v) is 6.36. The average molecular weight is 294 g/mol. The zero-order chi connectivity index (χ0) is 16.4. The fourth-order valence-corrected chi connectivity index (χ4v) is 0.840. The average Bonchev–Trinajstić information content (AvgIpc) is 2.12. The highest BCUT2D eigenvalue weighted by Gasteiger charge is 2.07. The number of likely N-dealkylation sites (N-methyl/N-ethyl adjacent to an activating group) is 2. The van der Waals surface area contributed by atoms with Crippen LogP contribution < -0.4 is 11.5 Å². The number of nitrogens with two attached hydrogens (primary N) is 2. The summed E-state index contributed by atoms with van der Waals surface area (Å²) in [6.07, 6.45) is -1.40. The van der Waals surface area contributed by atoms with Gasteiger partial charge in [0.2, 0.25) is 0 Å². The molecule has 0 unspecified atom stereocenters. The summed E-state index contributed by atoms with van der Waals surface area (Å²) < 4.78 is 10.6. The van der Waals surface area contributed by atoms with Gasteiger partial charge in [-0.05, 0) is 0 Å². The van der Waals surface area contributed by atoms with Crippen LogP contribution in [-0.2, 0) is 9.47 Å². The van der Waals surface area contributed by atoms with E-state index in [2.05, 4.69) is 9.47 Å². The van der Waals surface area contributed by atoms with Crippen molar-refractivity contribution in [2.24, 2.45) is 11.5 Å². The molecule has 0 aliphatic carbocycles. The number of ether oxygens (including phenoxy) is 2. The third-order valence-electron chi connectivity index (χ3n) is 2.01.